The van der Waals surface area contributed by atoms with Crippen LogP contribution in [-0.2, 0) is 17.8 Å². The molecule has 0 unspecified atom stereocenters. The lowest BCUT2D eigenvalue weighted by atomic mass is 9.92. The highest BCUT2D eigenvalue weighted by Gasteiger charge is 2.24. The number of aromatic nitrogens is 4. The molecule has 2 N–H and O–H groups in total. The van der Waals surface area contributed by atoms with Crippen LogP contribution in [0, 0.1) is 5.41 Å². The molecule has 0 spiro atoms. The number of nitrogens with zero attached hydrogens (tertiary/aromatic N) is 4. The fourth-order valence-corrected chi connectivity index (χ4v) is 3.94. The van der Waals surface area contributed by atoms with Gasteiger partial charge >= 0.3 is 11.9 Å². The van der Waals surface area contributed by atoms with Crippen LogP contribution in [0.4, 0.5) is 0 Å². The Hall–Kier alpha value is -4.27. The third-order valence-corrected chi connectivity index (χ3v) is 5.39. The Morgan fingerprint density at radius 3 is 2.34 bits per heavy atom. The predicted molar refractivity (Wildman–Crippen MR) is 129 cm³/mol. The number of hydrogen-bond donors (Lipinski definition) is 2. The van der Waals surface area contributed by atoms with Crippen molar-refractivity contribution in [3.05, 3.63) is 65.5 Å². The van der Waals surface area contributed by atoms with Gasteiger partial charge in [0.15, 0.2) is 5.52 Å². The predicted octanol–water partition coefficient (Wildman–Crippen LogP) is 4.46. The summed E-state index contributed by atoms with van der Waals surface area (Å²) in [4.78, 5) is 27.8. The van der Waals surface area contributed by atoms with Gasteiger partial charge in [-0.1, -0.05) is 63.2 Å². The molecule has 0 aliphatic rings. The van der Waals surface area contributed by atoms with Crippen LogP contribution in [0.15, 0.2) is 48.5 Å². The van der Waals surface area contributed by atoms with E-state index in [2.05, 4.69) is 36.0 Å². The number of rotatable bonds is 6. The molecular formula is C26H26N4O5. The number of carboxylic acids is 1. The highest BCUT2D eigenvalue weighted by molar-refractivity contribution is 5.96. The number of hydrogen-bond acceptors (Lipinski definition) is 7. The summed E-state index contributed by atoms with van der Waals surface area (Å²) >= 11 is 0. The molecule has 9 heteroatoms. The number of fused-ring (bicyclic) bond motifs is 1. The zero-order valence-corrected chi connectivity index (χ0v) is 19.9. The van der Waals surface area contributed by atoms with E-state index in [0.29, 0.717) is 29.9 Å². The van der Waals surface area contributed by atoms with Crippen LogP contribution in [0.2, 0.25) is 0 Å². The SMILES string of the molecule is CC(=O)Oc1nnc(O)c2c1nc(CC(C)(C)C)n2Cc1ccc(-c2ccccc2C(=O)O)cc1. The van der Waals surface area contributed by atoms with Crippen molar-refractivity contribution in [3.8, 4) is 22.9 Å². The molecule has 0 aliphatic heterocycles. The molecule has 4 rings (SSSR count). The fraction of sp³-hybridized carbons (Fsp3) is 0.269. The van der Waals surface area contributed by atoms with Crippen molar-refractivity contribution < 1.29 is 24.5 Å². The molecule has 0 fully saturated rings. The first kappa shape index (κ1) is 23.9. The minimum atomic E-state index is -0.985. The van der Waals surface area contributed by atoms with E-state index < -0.39 is 11.9 Å². The minimum Gasteiger partial charge on any atom is -0.491 e. The maximum Gasteiger partial charge on any atom is 0.336 e. The van der Waals surface area contributed by atoms with Crippen molar-refractivity contribution in [1.29, 1.82) is 0 Å². The Labute approximate surface area is 202 Å². The van der Waals surface area contributed by atoms with Gasteiger partial charge in [0.2, 0.25) is 0 Å². The Balaban J connectivity index is 1.77. The van der Waals surface area contributed by atoms with E-state index in [1.165, 1.54) is 6.92 Å². The molecule has 0 aliphatic carbocycles. The van der Waals surface area contributed by atoms with Crippen LogP contribution < -0.4 is 4.74 Å². The van der Waals surface area contributed by atoms with Crippen molar-refractivity contribution in [2.45, 2.75) is 40.7 Å². The van der Waals surface area contributed by atoms with Crippen molar-refractivity contribution in [2.75, 3.05) is 0 Å². The molecule has 35 heavy (non-hydrogen) atoms. The number of carboxylic acid groups (broad SMARTS) is 1. The number of aromatic hydroxyl groups is 1. The molecule has 0 atom stereocenters. The standard InChI is InChI=1S/C26H26N4O5/c1-15(31)35-24-21-22(23(32)28-29-24)30(20(27-21)13-26(2,3)4)14-16-9-11-17(12-10-16)18-7-5-6-8-19(18)25(33)34/h5-12H,13-14H2,1-4H3,(H,28,32)(H,33,34). The topological polar surface area (TPSA) is 127 Å². The van der Waals surface area contributed by atoms with Gasteiger partial charge in [-0.15, -0.1) is 10.2 Å². The van der Waals surface area contributed by atoms with E-state index in [1.807, 2.05) is 28.8 Å². The molecule has 0 bridgehead atoms. The summed E-state index contributed by atoms with van der Waals surface area (Å²) in [7, 11) is 0. The van der Waals surface area contributed by atoms with Crippen LogP contribution in [0.25, 0.3) is 22.2 Å². The van der Waals surface area contributed by atoms with E-state index in [9.17, 15) is 19.8 Å². The molecule has 0 amide bonds. The van der Waals surface area contributed by atoms with E-state index >= 15 is 0 Å². The number of carbonyl (C=O) groups is 2. The lowest BCUT2D eigenvalue weighted by molar-refractivity contribution is -0.132. The third-order valence-electron chi connectivity index (χ3n) is 5.39. The zero-order valence-electron chi connectivity index (χ0n) is 19.9. The van der Waals surface area contributed by atoms with E-state index in [1.54, 1.807) is 24.3 Å². The van der Waals surface area contributed by atoms with Gasteiger partial charge < -0.3 is 19.5 Å². The summed E-state index contributed by atoms with van der Waals surface area (Å²) in [6.45, 7) is 7.86. The lowest BCUT2D eigenvalue weighted by Crippen LogP contribution is -2.15. The Bertz CT molecular complexity index is 1420. The van der Waals surface area contributed by atoms with Crippen LogP contribution in [0.3, 0.4) is 0 Å². The molecule has 0 radical (unpaired) electrons. The molecule has 0 saturated carbocycles. The zero-order chi connectivity index (χ0) is 25.3. The maximum absolute atomic E-state index is 11.6. The van der Waals surface area contributed by atoms with Gasteiger partial charge in [0.1, 0.15) is 11.3 Å². The minimum absolute atomic E-state index is 0.0557. The van der Waals surface area contributed by atoms with Gasteiger partial charge in [0.05, 0.1) is 5.56 Å². The van der Waals surface area contributed by atoms with Crippen molar-refractivity contribution in [2.24, 2.45) is 5.41 Å². The van der Waals surface area contributed by atoms with Crippen LogP contribution >= 0.6 is 0 Å². The van der Waals surface area contributed by atoms with Gasteiger partial charge in [-0.05, 0) is 28.2 Å². The summed E-state index contributed by atoms with van der Waals surface area (Å²) < 4.78 is 7.02. The summed E-state index contributed by atoms with van der Waals surface area (Å²) in [5, 5.41) is 27.6. The first-order valence-corrected chi connectivity index (χ1v) is 11.1. The summed E-state index contributed by atoms with van der Waals surface area (Å²) in [5.74, 6) is -1.22. The average Bonchev–Trinajstić information content (AvgIpc) is 3.13. The fourth-order valence-electron chi connectivity index (χ4n) is 3.94. The third kappa shape index (κ3) is 5.13. The number of imidazole rings is 1. The average molecular weight is 475 g/mol. The lowest BCUT2D eigenvalue weighted by Gasteiger charge is -2.19. The summed E-state index contributed by atoms with van der Waals surface area (Å²) in [6.07, 6.45) is 0.588. The van der Waals surface area contributed by atoms with Gasteiger partial charge in [0, 0.05) is 19.9 Å². The first-order valence-electron chi connectivity index (χ1n) is 11.1. The van der Waals surface area contributed by atoms with Crippen LogP contribution in [0.1, 0.15) is 49.4 Å². The molecule has 0 saturated heterocycles. The second kappa shape index (κ2) is 9.17. The maximum atomic E-state index is 11.6. The van der Waals surface area contributed by atoms with Crippen LogP contribution in [-0.4, -0.2) is 41.9 Å². The Morgan fingerprint density at radius 1 is 1.03 bits per heavy atom. The number of carbonyl (C=O) groups excluding carboxylic acids is 1. The number of aromatic carboxylic acids is 1. The van der Waals surface area contributed by atoms with Crippen molar-refractivity contribution in [3.63, 3.8) is 0 Å². The van der Waals surface area contributed by atoms with Gasteiger partial charge in [-0.2, -0.15) is 0 Å². The second-order valence-electron chi connectivity index (χ2n) is 9.52. The highest BCUT2D eigenvalue weighted by Crippen LogP contribution is 2.33. The number of benzene rings is 2. The molecule has 4 aromatic rings. The van der Waals surface area contributed by atoms with Crippen LogP contribution in [0.5, 0.6) is 11.8 Å². The normalized spacial score (nSPS) is 11.5. The molecule has 180 valence electrons. The van der Waals surface area contributed by atoms with E-state index in [4.69, 9.17) is 4.74 Å². The number of esters is 1. The Morgan fingerprint density at radius 2 is 1.71 bits per heavy atom. The van der Waals surface area contributed by atoms with Crippen molar-refractivity contribution in [1.82, 2.24) is 19.7 Å². The monoisotopic (exact) mass is 474 g/mol. The Kier molecular flexibility index (Phi) is 6.26. The highest BCUT2D eigenvalue weighted by atomic mass is 16.5. The summed E-state index contributed by atoms with van der Waals surface area (Å²) in [5.41, 5.74) is 3.03. The number of ether oxygens (including phenoxy) is 1. The molecular weight excluding hydrogens is 448 g/mol. The quantitative estimate of drug-likeness (QED) is 0.392. The molecule has 9 nitrogen and oxygen atoms in total. The van der Waals surface area contributed by atoms with Gasteiger partial charge in [0.25, 0.3) is 11.8 Å². The smallest absolute Gasteiger partial charge is 0.336 e. The van der Waals surface area contributed by atoms with E-state index in [0.717, 1.165) is 11.1 Å². The second-order valence-corrected chi connectivity index (χ2v) is 9.52. The van der Waals surface area contributed by atoms with Gasteiger partial charge in [-0.25, -0.2) is 9.78 Å². The summed E-state index contributed by atoms with van der Waals surface area (Å²) in [6, 6.07) is 14.4. The van der Waals surface area contributed by atoms with Gasteiger partial charge in [-0.3, -0.25) is 4.79 Å². The molecule has 2 heterocycles. The largest absolute Gasteiger partial charge is 0.491 e. The van der Waals surface area contributed by atoms with Crippen molar-refractivity contribution >= 4 is 23.0 Å². The van der Waals surface area contributed by atoms with E-state index in [-0.39, 0.29) is 28.3 Å². The molecule has 2 aromatic carbocycles. The molecule has 2 aromatic heterocycles. The first-order chi connectivity index (χ1) is 16.5.